The number of primary sulfonamides is 1. The molecular formula is C25H25F3N6O6S2. The van der Waals surface area contributed by atoms with Crippen LogP contribution in [0.5, 0.6) is 5.75 Å². The molecule has 1 amide bonds. The van der Waals surface area contributed by atoms with Gasteiger partial charge in [0.2, 0.25) is 10.2 Å². The number of fused-ring (bicyclic) bond motifs is 1. The maximum atomic E-state index is 13.3. The van der Waals surface area contributed by atoms with Crippen LogP contribution in [-0.2, 0) is 32.4 Å². The fourth-order valence-electron chi connectivity index (χ4n) is 4.08. The van der Waals surface area contributed by atoms with E-state index in [1.807, 2.05) is 0 Å². The summed E-state index contributed by atoms with van der Waals surface area (Å²) in [6.07, 6.45) is -3.63. The summed E-state index contributed by atoms with van der Waals surface area (Å²) >= 11 is 0.895. The Hall–Kier alpha value is -4.09. The smallest absolute Gasteiger partial charge is 0.416 e. The number of aromatic nitrogens is 4. The number of carboxylic acids is 1. The van der Waals surface area contributed by atoms with Gasteiger partial charge in [0, 0.05) is 0 Å². The average Bonchev–Trinajstić information content (AvgIpc) is 3.53. The van der Waals surface area contributed by atoms with Crippen molar-refractivity contribution in [3.63, 3.8) is 0 Å². The van der Waals surface area contributed by atoms with Crippen molar-refractivity contribution in [1.82, 2.24) is 25.3 Å². The largest absolute Gasteiger partial charge is 0.487 e. The summed E-state index contributed by atoms with van der Waals surface area (Å²) in [4.78, 5) is 28.7. The van der Waals surface area contributed by atoms with Gasteiger partial charge in [0.15, 0.2) is 0 Å². The number of amides is 1. The molecule has 224 valence electrons. The fourth-order valence-corrected chi connectivity index (χ4v) is 5.77. The van der Waals surface area contributed by atoms with Crippen LogP contribution in [0.4, 0.5) is 13.2 Å². The summed E-state index contributed by atoms with van der Waals surface area (Å²) in [6, 6.07) is 6.65. The number of alkyl halides is 3. The zero-order chi connectivity index (χ0) is 30.8. The van der Waals surface area contributed by atoms with Crippen LogP contribution in [-0.4, -0.2) is 45.4 Å². The van der Waals surface area contributed by atoms with Gasteiger partial charge in [-0.05, 0) is 41.8 Å². The third-order valence-corrected chi connectivity index (χ3v) is 8.39. The van der Waals surface area contributed by atoms with Crippen molar-refractivity contribution in [2.75, 3.05) is 0 Å². The number of halogens is 3. The summed E-state index contributed by atoms with van der Waals surface area (Å²) in [5.41, 5.74) is 0.0887. The van der Waals surface area contributed by atoms with Gasteiger partial charge in [-0.25, -0.2) is 23.2 Å². The molecule has 2 unspecified atom stereocenters. The first kappa shape index (κ1) is 30.9. The molecular weight excluding hydrogens is 601 g/mol. The summed E-state index contributed by atoms with van der Waals surface area (Å²) < 4.78 is 69.4. The zero-order valence-corrected chi connectivity index (χ0v) is 23.7. The molecule has 2 atom stereocenters. The molecule has 0 spiro atoms. The zero-order valence-electron chi connectivity index (χ0n) is 22.1. The molecule has 0 saturated carbocycles. The van der Waals surface area contributed by atoms with Crippen molar-refractivity contribution in [3.8, 4) is 5.75 Å². The predicted molar refractivity (Wildman–Crippen MR) is 144 cm³/mol. The van der Waals surface area contributed by atoms with Gasteiger partial charge in [-0.1, -0.05) is 31.2 Å². The highest BCUT2D eigenvalue weighted by atomic mass is 32.2. The molecule has 42 heavy (non-hydrogen) atoms. The molecule has 12 nitrogen and oxygen atoms in total. The van der Waals surface area contributed by atoms with E-state index in [9.17, 15) is 36.3 Å². The van der Waals surface area contributed by atoms with Gasteiger partial charge in [0.25, 0.3) is 10.0 Å². The number of rotatable bonds is 11. The van der Waals surface area contributed by atoms with E-state index in [1.165, 1.54) is 10.9 Å². The summed E-state index contributed by atoms with van der Waals surface area (Å²) in [6.45, 7) is 3.44. The molecule has 0 saturated heterocycles. The number of hydrogen-bond donors (Lipinski definition) is 3. The van der Waals surface area contributed by atoms with E-state index in [-0.39, 0.29) is 22.4 Å². The normalized spacial score (nSPS) is 13.7. The third-order valence-electron chi connectivity index (χ3n) is 6.05. The molecule has 0 aliphatic carbocycles. The Balaban J connectivity index is 1.47. The van der Waals surface area contributed by atoms with Gasteiger partial charge in [-0.3, -0.25) is 9.59 Å². The SMILES string of the molecule is CC(C)C(C(=O)NC(CC(=O)O)c1ccc(C(F)(F)F)cc1)n1cc(COc2ccc3nc(S(N)(=O)=O)sc3c2)nn1. The standard InChI is InChI=1S/C25H25F3N6O6S2/c1-13(2)22(23(37)30-19(10-21(35)36)14-3-5-15(6-4-14)25(26,27)28)34-11-16(32-33-34)12-40-17-7-8-18-20(9-17)41-24(31-18)42(29,38)39/h3-9,11,13,19,22H,10,12H2,1-2H3,(H,30,37)(H,35,36)(H2,29,38,39). The van der Waals surface area contributed by atoms with Crippen LogP contribution < -0.4 is 15.2 Å². The monoisotopic (exact) mass is 626 g/mol. The van der Waals surface area contributed by atoms with E-state index in [2.05, 4.69) is 20.6 Å². The molecule has 2 aromatic carbocycles. The summed E-state index contributed by atoms with van der Waals surface area (Å²) in [7, 11) is -3.95. The van der Waals surface area contributed by atoms with E-state index in [0.717, 1.165) is 35.6 Å². The van der Waals surface area contributed by atoms with Crippen LogP contribution in [0.3, 0.4) is 0 Å². The molecule has 0 bridgehead atoms. The number of nitrogens with one attached hydrogen (secondary N) is 1. The number of carboxylic acid groups (broad SMARTS) is 1. The number of nitrogens with two attached hydrogens (primary N) is 1. The first-order valence-corrected chi connectivity index (χ1v) is 14.6. The number of nitrogens with zero attached hydrogens (tertiary/aromatic N) is 4. The number of sulfonamides is 1. The first-order valence-electron chi connectivity index (χ1n) is 12.3. The highest BCUT2D eigenvalue weighted by Crippen LogP contribution is 2.31. The highest BCUT2D eigenvalue weighted by Gasteiger charge is 2.32. The van der Waals surface area contributed by atoms with Crippen LogP contribution in [0.25, 0.3) is 10.2 Å². The van der Waals surface area contributed by atoms with Crippen molar-refractivity contribution in [3.05, 3.63) is 65.5 Å². The van der Waals surface area contributed by atoms with Gasteiger partial charge in [0.05, 0.1) is 34.4 Å². The number of aliphatic carboxylic acids is 1. The number of carbonyl (C=O) groups is 2. The molecule has 0 fully saturated rings. The van der Waals surface area contributed by atoms with E-state index in [4.69, 9.17) is 9.88 Å². The lowest BCUT2D eigenvalue weighted by atomic mass is 9.99. The maximum Gasteiger partial charge on any atom is 0.416 e. The number of ether oxygens (including phenoxy) is 1. The summed E-state index contributed by atoms with van der Waals surface area (Å²) in [5, 5.41) is 25.2. The minimum Gasteiger partial charge on any atom is -0.487 e. The van der Waals surface area contributed by atoms with Crippen molar-refractivity contribution < 1.29 is 41.0 Å². The number of carbonyl (C=O) groups excluding carboxylic acids is 1. The third kappa shape index (κ3) is 7.40. The Bertz CT molecular complexity index is 1700. The fraction of sp³-hybridized carbons (Fsp3) is 0.320. The molecule has 0 aliphatic heterocycles. The Morgan fingerprint density at radius 1 is 1.17 bits per heavy atom. The molecule has 2 aromatic heterocycles. The van der Waals surface area contributed by atoms with Crippen LogP contribution in [0.1, 0.15) is 49.2 Å². The second-order valence-corrected chi connectivity index (χ2v) is 12.4. The molecule has 2 heterocycles. The van der Waals surface area contributed by atoms with E-state index in [0.29, 0.717) is 21.7 Å². The van der Waals surface area contributed by atoms with Crippen molar-refractivity contribution >= 4 is 43.5 Å². The number of hydrogen-bond acceptors (Lipinski definition) is 9. The second-order valence-electron chi connectivity index (χ2n) is 9.60. The molecule has 17 heteroatoms. The Kier molecular flexibility index (Phi) is 8.84. The Morgan fingerprint density at radius 2 is 1.86 bits per heavy atom. The quantitative estimate of drug-likeness (QED) is 0.224. The second kappa shape index (κ2) is 12.0. The molecule has 4 rings (SSSR count). The average molecular weight is 627 g/mol. The van der Waals surface area contributed by atoms with Gasteiger partial charge >= 0.3 is 12.1 Å². The van der Waals surface area contributed by atoms with Crippen molar-refractivity contribution in [2.45, 2.75) is 49.5 Å². The molecule has 0 aliphatic rings. The van der Waals surface area contributed by atoms with E-state index in [1.54, 1.807) is 32.0 Å². The topological polar surface area (TPSA) is 179 Å². The Morgan fingerprint density at radius 3 is 2.45 bits per heavy atom. The van der Waals surface area contributed by atoms with Gasteiger partial charge < -0.3 is 15.2 Å². The highest BCUT2D eigenvalue weighted by molar-refractivity contribution is 7.91. The van der Waals surface area contributed by atoms with E-state index >= 15 is 0 Å². The lowest BCUT2D eigenvalue weighted by Crippen LogP contribution is -2.38. The number of benzene rings is 2. The van der Waals surface area contributed by atoms with Gasteiger partial charge in [-0.15, -0.1) is 16.4 Å². The van der Waals surface area contributed by atoms with Gasteiger partial charge in [-0.2, -0.15) is 13.2 Å². The van der Waals surface area contributed by atoms with E-state index < -0.39 is 52.1 Å². The van der Waals surface area contributed by atoms with Crippen LogP contribution in [0.2, 0.25) is 0 Å². The summed E-state index contributed by atoms with van der Waals surface area (Å²) in [5.74, 6) is -1.79. The molecule has 4 aromatic rings. The molecule has 0 radical (unpaired) electrons. The lowest BCUT2D eigenvalue weighted by Gasteiger charge is -2.24. The predicted octanol–water partition coefficient (Wildman–Crippen LogP) is 3.66. The minimum atomic E-state index is -4.56. The van der Waals surface area contributed by atoms with Crippen LogP contribution >= 0.6 is 11.3 Å². The number of thiazole rings is 1. The lowest BCUT2D eigenvalue weighted by molar-refractivity contribution is -0.139. The Labute approximate surface area is 241 Å². The van der Waals surface area contributed by atoms with Crippen LogP contribution in [0.15, 0.2) is 53.0 Å². The first-order chi connectivity index (χ1) is 19.6. The maximum absolute atomic E-state index is 13.3. The van der Waals surface area contributed by atoms with Crippen molar-refractivity contribution in [2.24, 2.45) is 11.1 Å². The van der Waals surface area contributed by atoms with Gasteiger partial charge in [0.1, 0.15) is 24.1 Å². The van der Waals surface area contributed by atoms with Crippen molar-refractivity contribution in [1.29, 1.82) is 0 Å². The molecule has 4 N–H and O–H groups in total. The van der Waals surface area contributed by atoms with Crippen LogP contribution in [0, 0.1) is 5.92 Å². The minimum absolute atomic E-state index is 0.0496.